The predicted molar refractivity (Wildman–Crippen MR) is 188 cm³/mol. The van der Waals surface area contributed by atoms with Gasteiger partial charge in [0.15, 0.2) is 0 Å². The average molecular weight is 693 g/mol. The fourth-order valence-corrected chi connectivity index (χ4v) is 5.95. The molecule has 9 heteroatoms. The zero-order valence-corrected chi connectivity index (χ0v) is 27.2. The van der Waals surface area contributed by atoms with Crippen LogP contribution >= 0.6 is 27.7 Å². The number of hydrogen-bond acceptors (Lipinski definition) is 5. The van der Waals surface area contributed by atoms with Crippen molar-refractivity contribution in [2.75, 3.05) is 17.7 Å². The molecule has 1 atom stereocenters. The van der Waals surface area contributed by atoms with E-state index in [-0.39, 0.29) is 11.6 Å². The van der Waals surface area contributed by atoms with Crippen molar-refractivity contribution in [2.45, 2.75) is 10.1 Å². The van der Waals surface area contributed by atoms with Crippen molar-refractivity contribution in [2.24, 2.45) is 0 Å². The summed E-state index contributed by atoms with van der Waals surface area (Å²) in [5.74, 6) is -0.509. The first-order valence-corrected chi connectivity index (χ1v) is 16.0. The van der Waals surface area contributed by atoms with Crippen molar-refractivity contribution < 1.29 is 19.1 Å². The molecule has 0 radical (unpaired) electrons. The van der Waals surface area contributed by atoms with E-state index >= 15 is 0 Å². The van der Waals surface area contributed by atoms with E-state index in [9.17, 15) is 14.4 Å². The smallest absolute Gasteiger partial charge is 0.272 e. The third-order valence-electron chi connectivity index (χ3n) is 6.75. The molecule has 0 aliphatic heterocycles. The minimum absolute atomic E-state index is 0.0511. The number of ether oxygens (including phenoxy) is 1. The van der Waals surface area contributed by atoms with Crippen molar-refractivity contribution in [1.82, 2.24) is 5.32 Å². The summed E-state index contributed by atoms with van der Waals surface area (Å²) in [5.41, 5.74) is 3.14. The number of para-hydroxylation sites is 1. The van der Waals surface area contributed by atoms with E-state index in [1.165, 1.54) is 11.8 Å². The van der Waals surface area contributed by atoms with Crippen molar-refractivity contribution in [3.05, 3.63) is 160 Å². The molecule has 7 nitrogen and oxygen atoms in total. The Morgan fingerprint density at radius 3 is 2.20 bits per heavy atom. The van der Waals surface area contributed by atoms with Crippen LogP contribution in [0.4, 0.5) is 11.4 Å². The number of nitrogens with one attached hydrogen (secondary N) is 3. The lowest BCUT2D eigenvalue weighted by molar-refractivity contribution is -0.116. The number of hydrogen-bond donors (Lipinski definition) is 3. The maximum absolute atomic E-state index is 13.6. The molecule has 5 aromatic rings. The molecule has 3 amide bonds. The van der Waals surface area contributed by atoms with Crippen LogP contribution in [0.15, 0.2) is 149 Å². The van der Waals surface area contributed by atoms with Gasteiger partial charge < -0.3 is 20.7 Å². The average Bonchev–Trinajstić information content (AvgIpc) is 3.09. The quantitative estimate of drug-likeness (QED) is 0.0956. The van der Waals surface area contributed by atoms with E-state index in [1.807, 2.05) is 72.8 Å². The standard InChI is InChI=1S/C37H30BrN3O4S/c1-45-29-18-10-12-25(22-29)23-33(41-35(42)27-15-6-3-7-16-27)36(43)39-28-17-11-19-30(24-28)46-34(26-13-4-2-5-14-26)37(44)40-32-21-9-8-20-31(32)38/h2-24,34H,1H3,(H,39,43)(H,40,44)(H,41,42)/b33-23-. The monoisotopic (exact) mass is 691 g/mol. The molecule has 0 aromatic heterocycles. The van der Waals surface area contributed by atoms with Crippen molar-refractivity contribution in [3.8, 4) is 5.75 Å². The fourth-order valence-electron chi connectivity index (χ4n) is 4.48. The largest absolute Gasteiger partial charge is 0.497 e. The summed E-state index contributed by atoms with van der Waals surface area (Å²) in [7, 11) is 1.56. The molecule has 46 heavy (non-hydrogen) atoms. The third-order valence-corrected chi connectivity index (χ3v) is 8.69. The Bertz CT molecular complexity index is 1870. The summed E-state index contributed by atoms with van der Waals surface area (Å²) in [6.07, 6.45) is 1.59. The molecular formula is C37H30BrN3O4S. The molecule has 230 valence electrons. The molecule has 0 spiro atoms. The van der Waals surface area contributed by atoms with Crippen LogP contribution in [0.25, 0.3) is 6.08 Å². The normalized spacial score (nSPS) is 11.7. The van der Waals surface area contributed by atoms with Gasteiger partial charge >= 0.3 is 0 Å². The van der Waals surface area contributed by atoms with Gasteiger partial charge in [0.1, 0.15) is 16.7 Å². The molecule has 0 saturated heterocycles. The molecular weight excluding hydrogens is 662 g/mol. The number of halogens is 1. The van der Waals surface area contributed by atoms with E-state index in [0.717, 1.165) is 14.9 Å². The summed E-state index contributed by atoms with van der Waals surface area (Å²) < 4.78 is 6.10. The highest BCUT2D eigenvalue weighted by atomic mass is 79.9. The Kier molecular flexibility index (Phi) is 11.0. The second kappa shape index (κ2) is 15.7. The van der Waals surface area contributed by atoms with Gasteiger partial charge in [-0.25, -0.2) is 0 Å². The molecule has 0 heterocycles. The lowest BCUT2D eigenvalue weighted by Gasteiger charge is -2.18. The number of carbonyl (C=O) groups excluding carboxylic acids is 3. The first kappa shape index (κ1) is 32.3. The van der Waals surface area contributed by atoms with Crippen LogP contribution in [0.2, 0.25) is 0 Å². The van der Waals surface area contributed by atoms with E-state index in [0.29, 0.717) is 28.3 Å². The van der Waals surface area contributed by atoms with Crippen molar-refractivity contribution in [3.63, 3.8) is 0 Å². The topological polar surface area (TPSA) is 96.5 Å². The highest BCUT2D eigenvalue weighted by Gasteiger charge is 2.23. The summed E-state index contributed by atoms with van der Waals surface area (Å²) >= 11 is 4.86. The molecule has 1 unspecified atom stereocenters. The Hall–Kier alpha value is -5.12. The van der Waals surface area contributed by atoms with Crippen LogP contribution in [0.5, 0.6) is 5.75 Å². The van der Waals surface area contributed by atoms with Crippen molar-refractivity contribution in [1.29, 1.82) is 0 Å². The maximum atomic E-state index is 13.6. The number of anilines is 2. The highest BCUT2D eigenvalue weighted by Crippen LogP contribution is 2.38. The third kappa shape index (κ3) is 8.74. The van der Waals surface area contributed by atoms with E-state index in [1.54, 1.807) is 73.8 Å². The minimum Gasteiger partial charge on any atom is -0.497 e. The Labute approximate surface area is 280 Å². The number of benzene rings is 5. The van der Waals surface area contributed by atoms with Gasteiger partial charge in [-0.2, -0.15) is 0 Å². The van der Waals surface area contributed by atoms with Gasteiger partial charge in [0, 0.05) is 20.6 Å². The Morgan fingerprint density at radius 1 is 0.761 bits per heavy atom. The number of methoxy groups -OCH3 is 1. The van der Waals surface area contributed by atoms with E-state index in [4.69, 9.17) is 4.74 Å². The van der Waals surface area contributed by atoms with Gasteiger partial charge in [-0.15, -0.1) is 11.8 Å². The van der Waals surface area contributed by atoms with Crippen LogP contribution in [0.1, 0.15) is 26.7 Å². The van der Waals surface area contributed by atoms with E-state index < -0.39 is 17.1 Å². The highest BCUT2D eigenvalue weighted by molar-refractivity contribution is 9.10. The van der Waals surface area contributed by atoms with Crippen LogP contribution < -0.4 is 20.7 Å². The first-order valence-electron chi connectivity index (χ1n) is 14.3. The molecule has 0 aliphatic rings. The molecule has 5 rings (SSSR count). The fraction of sp³-hybridized carbons (Fsp3) is 0.0541. The summed E-state index contributed by atoms with van der Waals surface area (Å²) in [6.45, 7) is 0. The van der Waals surface area contributed by atoms with Crippen molar-refractivity contribution >= 4 is 62.9 Å². The molecule has 5 aromatic carbocycles. The molecule has 0 saturated carbocycles. The summed E-state index contributed by atoms with van der Waals surface area (Å²) in [4.78, 5) is 41.0. The zero-order chi connectivity index (χ0) is 32.3. The van der Waals surface area contributed by atoms with Crippen LogP contribution in [0.3, 0.4) is 0 Å². The molecule has 0 bridgehead atoms. The van der Waals surface area contributed by atoms with Gasteiger partial charge in [0.05, 0.1) is 12.8 Å². The number of rotatable bonds is 11. The van der Waals surface area contributed by atoms with Gasteiger partial charge in [-0.1, -0.05) is 78.9 Å². The Morgan fingerprint density at radius 2 is 1.46 bits per heavy atom. The second-order valence-corrected chi connectivity index (χ2v) is 12.0. The van der Waals surface area contributed by atoms with Crippen LogP contribution in [-0.2, 0) is 9.59 Å². The summed E-state index contributed by atoms with van der Waals surface area (Å²) in [6, 6.07) is 40.0. The SMILES string of the molecule is COc1cccc(/C=C(\NC(=O)c2ccccc2)C(=O)Nc2cccc(SC(C(=O)Nc3ccccc3Br)c3ccccc3)c2)c1. The lowest BCUT2D eigenvalue weighted by Crippen LogP contribution is -2.30. The van der Waals surface area contributed by atoms with Gasteiger partial charge in [0.2, 0.25) is 5.91 Å². The minimum atomic E-state index is -0.576. The van der Waals surface area contributed by atoms with Crippen LogP contribution in [-0.4, -0.2) is 24.8 Å². The number of carbonyl (C=O) groups is 3. The molecule has 0 fully saturated rings. The first-order chi connectivity index (χ1) is 22.4. The van der Waals surface area contributed by atoms with Crippen LogP contribution in [0, 0.1) is 0 Å². The number of amides is 3. The Balaban J connectivity index is 1.39. The lowest BCUT2D eigenvalue weighted by atomic mass is 10.1. The summed E-state index contributed by atoms with van der Waals surface area (Å²) in [5, 5.41) is 8.11. The number of thioether (sulfide) groups is 1. The van der Waals surface area contributed by atoms with E-state index in [2.05, 4.69) is 31.9 Å². The van der Waals surface area contributed by atoms with Gasteiger partial charge in [-0.3, -0.25) is 14.4 Å². The van der Waals surface area contributed by atoms with Gasteiger partial charge in [0.25, 0.3) is 11.8 Å². The molecule has 0 aliphatic carbocycles. The second-order valence-electron chi connectivity index (χ2n) is 10.0. The van der Waals surface area contributed by atoms with Gasteiger partial charge in [-0.05, 0) is 87.7 Å². The zero-order valence-electron chi connectivity index (χ0n) is 24.8. The predicted octanol–water partition coefficient (Wildman–Crippen LogP) is 8.34. The molecule has 3 N–H and O–H groups in total. The maximum Gasteiger partial charge on any atom is 0.272 e.